The van der Waals surface area contributed by atoms with Crippen LogP contribution in [-0.4, -0.2) is 12.1 Å². The Balaban J connectivity index is 1.49. The quantitative estimate of drug-likeness (QED) is 0.301. The Bertz CT molecular complexity index is 1250. The molecule has 0 aliphatic rings. The molecule has 4 nitrogen and oxygen atoms in total. The van der Waals surface area contributed by atoms with E-state index in [1.807, 2.05) is 24.3 Å². The predicted molar refractivity (Wildman–Crippen MR) is 121 cm³/mol. The monoisotopic (exact) mass is 432 g/mol. The van der Waals surface area contributed by atoms with E-state index >= 15 is 0 Å². The van der Waals surface area contributed by atoms with Gasteiger partial charge in [0.05, 0.1) is 6.21 Å². The summed E-state index contributed by atoms with van der Waals surface area (Å²) >= 11 is 6.12. The lowest BCUT2D eigenvalue weighted by Gasteiger charge is -2.11. The number of carbonyl (C=O) groups is 1. The highest BCUT2D eigenvalue weighted by molar-refractivity contribution is 6.30. The molecule has 0 bridgehead atoms. The molecule has 154 valence electrons. The Morgan fingerprint density at radius 2 is 1.77 bits per heavy atom. The summed E-state index contributed by atoms with van der Waals surface area (Å²) in [5.41, 5.74) is 4.40. The van der Waals surface area contributed by atoms with Crippen LogP contribution < -0.4 is 10.2 Å². The summed E-state index contributed by atoms with van der Waals surface area (Å²) in [6, 6.07) is 24.6. The topological polar surface area (TPSA) is 50.7 Å². The first kappa shape index (κ1) is 20.6. The number of carbonyl (C=O) groups excluding carboxylic acids is 1. The first-order valence-corrected chi connectivity index (χ1v) is 9.96. The molecular formula is C25H18ClFN2O2. The van der Waals surface area contributed by atoms with Gasteiger partial charge in [-0.25, -0.2) is 9.82 Å². The van der Waals surface area contributed by atoms with Crippen molar-refractivity contribution in [2.75, 3.05) is 0 Å². The van der Waals surface area contributed by atoms with E-state index in [4.69, 9.17) is 16.3 Å². The minimum atomic E-state index is -0.448. The normalized spacial score (nSPS) is 11.0. The zero-order valence-corrected chi connectivity index (χ0v) is 17.1. The summed E-state index contributed by atoms with van der Waals surface area (Å²) in [5, 5.41) is 6.78. The third-order valence-electron chi connectivity index (χ3n) is 4.71. The number of hydrazone groups is 1. The number of hydrogen-bond acceptors (Lipinski definition) is 3. The molecule has 4 rings (SSSR count). The summed E-state index contributed by atoms with van der Waals surface area (Å²) in [4.78, 5) is 12.1. The summed E-state index contributed by atoms with van der Waals surface area (Å²) < 4.78 is 19.0. The average Bonchev–Trinajstić information content (AvgIpc) is 2.79. The third-order valence-corrected chi connectivity index (χ3v) is 4.95. The number of amides is 1. The van der Waals surface area contributed by atoms with E-state index in [-0.39, 0.29) is 0 Å². The Labute approximate surface area is 183 Å². The smallest absolute Gasteiger partial charge is 0.271 e. The van der Waals surface area contributed by atoms with E-state index in [0.29, 0.717) is 28.5 Å². The molecule has 31 heavy (non-hydrogen) atoms. The lowest BCUT2D eigenvalue weighted by molar-refractivity contribution is 0.0955. The standard InChI is InChI=1S/C25H18ClFN2O2/c26-21-10-13-24(31-16-19-6-3-5-17-4-1-2-7-23(17)19)20(14-21)15-28-29-25(30)18-8-11-22(27)12-9-18/h1-15H,16H2,(H,29,30)/b28-15-. The number of hydrogen-bond donors (Lipinski definition) is 1. The number of fused-ring (bicyclic) bond motifs is 1. The molecular weight excluding hydrogens is 415 g/mol. The van der Waals surface area contributed by atoms with Crippen molar-refractivity contribution >= 4 is 34.5 Å². The summed E-state index contributed by atoms with van der Waals surface area (Å²) in [5.74, 6) is -0.277. The van der Waals surface area contributed by atoms with Crippen molar-refractivity contribution in [3.8, 4) is 5.75 Å². The summed E-state index contributed by atoms with van der Waals surface area (Å²) in [6.07, 6.45) is 1.46. The second-order valence-corrected chi connectivity index (χ2v) is 7.25. The van der Waals surface area contributed by atoms with E-state index in [2.05, 4.69) is 28.7 Å². The van der Waals surface area contributed by atoms with Crippen molar-refractivity contribution in [3.63, 3.8) is 0 Å². The molecule has 1 N–H and O–H groups in total. The summed E-state index contributed by atoms with van der Waals surface area (Å²) in [6.45, 7) is 0.367. The minimum Gasteiger partial charge on any atom is -0.488 e. The Morgan fingerprint density at radius 3 is 2.61 bits per heavy atom. The van der Waals surface area contributed by atoms with Crippen molar-refractivity contribution in [1.29, 1.82) is 0 Å². The van der Waals surface area contributed by atoms with Crippen LogP contribution in [0.1, 0.15) is 21.5 Å². The molecule has 0 aliphatic carbocycles. The highest BCUT2D eigenvalue weighted by atomic mass is 35.5. The maximum absolute atomic E-state index is 13.0. The van der Waals surface area contributed by atoms with Gasteiger partial charge in [0.25, 0.3) is 5.91 Å². The third kappa shape index (κ3) is 5.08. The van der Waals surface area contributed by atoms with Crippen LogP contribution in [-0.2, 0) is 6.61 Å². The minimum absolute atomic E-state index is 0.303. The molecule has 6 heteroatoms. The highest BCUT2D eigenvalue weighted by Gasteiger charge is 2.07. The maximum Gasteiger partial charge on any atom is 0.271 e. The second-order valence-electron chi connectivity index (χ2n) is 6.82. The highest BCUT2D eigenvalue weighted by Crippen LogP contribution is 2.24. The van der Waals surface area contributed by atoms with Crippen molar-refractivity contribution < 1.29 is 13.9 Å². The van der Waals surface area contributed by atoms with Crippen LogP contribution in [0.15, 0.2) is 90.0 Å². The largest absolute Gasteiger partial charge is 0.488 e. The number of ether oxygens (including phenoxy) is 1. The van der Waals surface area contributed by atoms with E-state index < -0.39 is 11.7 Å². The fraction of sp³-hybridized carbons (Fsp3) is 0.0400. The zero-order chi connectivity index (χ0) is 21.6. The molecule has 0 unspecified atom stereocenters. The van der Waals surface area contributed by atoms with Crippen LogP contribution in [0, 0.1) is 5.82 Å². The molecule has 0 saturated carbocycles. The predicted octanol–water partition coefficient (Wildman–Crippen LogP) is 5.98. The molecule has 0 aromatic heterocycles. The van der Waals surface area contributed by atoms with Gasteiger partial charge in [0.15, 0.2) is 0 Å². The van der Waals surface area contributed by atoms with Crippen molar-refractivity contribution in [3.05, 3.63) is 112 Å². The molecule has 4 aromatic rings. The lowest BCUT2D eigenvalue weighted by Crippen LogP contribution is -2.17. The first-order valence-electron chi connectivity index (χ1n) is 9.58. The zero-order valence-electron chi connectivity index (χ0n) is 16.4. The van der Waals surface area contributed by atoms with Gasteiger partial charge in [0, 0.05) is 16.1 Å². The fourth-order valence-electron chi connectivity index (χ4n) is 3.15. The fourth-order valence-corrected chi connectivity index (χ4v) is 3.33. The Kier molecular flexibility index (Phi) is 6.24. The van der Waals surface area contributed by atoms with Gasteiger partial charge < -0.3 is 4.74 Å². The van der Waals surface area contributed by atoms with Gasteiger partial charge >= 0.3 is 0 Å². The summed E-state index contributed by atoms with van der Waals surface area (Å²) in [7, 11) is 0. The van der Waals surface area contributed by atoms with Gasteiger partial charge in [-0.1, -0.05) is 54.1 Å². The van der Waals surface area contributed by atoms with Crippen LogP contribution in [0.4, 0.5) is 4.39 Å². The van der Waals surface area contributed by atoms with E-state index in [1.54, 1.807) is 18.2 Å². The second kappa shape index (κ2) is 9.41. The molecule has 0 atom stereocenters. The van der Waals surface area contributed by atoms with Gasteiger partial charge in [0.1, 0.15) is 18.2 Å². The van der Waals surface area contributed by atoms with E-state index in [0.717, 1.165) is 16.3 Å². The lowest BCUT2D eigenvalue weighted by atomic mass is 10.1. The molecule has 0 saturated heterocycles. The number of nitrogens with one attached hydrogen (secondary N) is 1. The molecule has 0 spiro atoms. The molecule has 0 radical (unpaired) electrons. The molecule has 0 heterocycles. The Hall–Kier alpha value is -3.70. The number of nitrogens with zero attached hydrogens (tertiary/aromatic N) is 1. The van der Waals surface area contributed by atoms with Gasteiger partial charge in [-0.3, -0.25) is 4.79 Å². The Morgan fingerprint density at radius 1 is 1.00 bits per heavy atom. The van der Waals surface area contributed by atoms with Crippen LogP contribution in [0.25, 0.3) is 10.8 Å². The number of halogens is 2. The van der Waals surface area contributed by atoms with Crippen LogP contribution >= 0.6 is 11.6 Å². The van der Waals surface area contributed by atoms with Gasteiger partial charge in [0.2, 0.25) is 0 Å². The average molecular weight is 433 g/mol. The van der Waals surface area contributed by atoms with Crippen molar-refractivity contribution in [2.45, 2.75) is 6.61 Å². The molecule has 0 aliphatic heterocycles. The molecule has 4 aromatic carbocycles. The number of benzene rings is 4. The van der Waals surface area contributed by atoms with E-state index in [9.17, 15) is 9.18 Å². The van der Waals surface area contributed by atoms with Crippen molar-refractivity contribution in [1.82, 2.24) is 5.43 Å². The van der Waals surface area contributed by atoms with E-state index in [1.165, 1.54) is 30.5 Å². The molecule has 1 amide bonds. The maximum atomic E-state index is 13.0. The molecule has 0 fully saturated rings. The van der Waals surface area contributed by atoms with Gasteiger partial charge in [-0.2, -0.15) is 5.10 Å². The van der Waals surface area contributed by atoms with Crippen LogP contribution in [0.3, 0.4) is 0 Å². The van der Waals surface area contributed by atoms with Crippen molar-refractivity contribution in [2.24, 2.45) is 5.10 Å². The first-order chi connectivity index (χ1) is 15.1. The number of rotatable bonds is 6. The van der Waals surface area contributed by atoms with Gasteiger partial charge in [-0.15, -0.1) is 0 Å². The van der Waals surface area contributed by atoms with Crippen LogP contribution in [0.2, 0.25) is 5.02 Å². The van der Waals surface area contributed by atoms with Crippen LogP contribution in [0.5, 0.6) is 5.75 Å². The SMILES string of the molecule is O=C(N/N=C\c1cc(Cl)ccc1OCc1cccc2ccccc12)c1ccc(F)cc1. The van der Waals surface area contributed by atoms with Gasteiger partial charge in [-0.05, 0) is 58.8 Å².